The summed E-state index contributed by atoms with van der Waals surface area (Å²) in [6, 6.07) is 0. The van der Waals surface area contributed by atoms with Crippen molar-refractivity contribution in [1.29, 1.82) is 0 Å². The Kier molecular flexibility index (Phi) is 3.55. The molecule has 0 saturated carbocycles. The van der Waals surface area contributed by atoms with Crippen molar-refractivity contribution in [2.24, 2.45) is 11.8 Å². The van der Waals surface area contributed by atoms with Crippen molar-refractivity contribution in [3.05, 3.63) is 11.3 Å². The predicted octanol–water partition coefficient (Wildman–Crippen LogP) is 0.568. The third kappa shape index (κ3) is 2.48. The molecule has 0 amide bonds. The molecule has 3 N–H and O–H groups in total. The number of nitrogens with one attached hydrogen (secondary N) is 1. The summed E-state index contributed by atoms with van der Waals surface area (Å²) in [6.07, 6.45) is 1.47. The zero-order chi connectivity index (χ0) is 10.8. The summed E-state index contributed by atoms with van der Waals surface area (Å²) in [5, 5.41) is 0. The Hall–Kier alpha value is -0.550. The summed E-state index contributed by atoms with van der Waals surface area (Å²) in [6.45, 7) is 4.08. The summed E-state index contributed by atoms with van der Waals surface area (Å²) < 4.78 is 22.9. The lowest BCUT2D eigenvalue weighted by molar-refractivity contribution is 0.574. The van der Waals surface area contributed by atoms with Crippen LogP contribution in [0.25, 0.3) is 0 Å². The summed E-state index contributed by atoms with van der Waals surface area (Å²) in [7, 11) is -2.88. The number of nitrogens with two attached hydrogens (primary N) is 1. The zero-order valence-electron chi connectivity index (χ0n) is 8.71. The van der Waals surface area contributed by atoms with E-state index in [1.807, 2.05) is 13.8 Å². The number of hydrogen-bond donors (Lipinski definition) is 2. The van der Waals surface area contributed by atoms with Gasteiger partial charge in [0.25, 0.3) is 0 Å². The fraction of sp³-hybridized carbons (Fsp3) is 0.778. The summed E-state index contributed by atoms with van der Waals surface area (Å²) in [5.74, 6) is 6.04. The second-order valence-corrected chi connectivity index (χ2v) is 5.98. The molecule has 0 bridgehead atoms. The molecule has 1 aliphatic heterocycles. The minimum atomic E-state index is -2.88. The van der Waals surface area contributed by atoms with Crippen LogP contribution in [0, 0.1) is 5.92 Å². The Bertz CT molecular complexity index is 333. The molecule has 0 spiro atoms. The predicted molar refractivity (Wildman–Crippen MR) is 57.1 cm³/mol. The van der Waals surface area contributed by atoms with Gasteiger partial charge in [-0.1, -0.05) is 13.8 Å². The molecule has 1 aliphatic rings. The van der Waals surface area contributed by atoms with Crippen LogP contribution in [-0.2, 0) is 9.84 Å². The van der Waals surface area contributed by atoms with Gasteiger partial charge in [0.2, 0.25) is 0 Å². The van der Waals surface area contributed by atoms with E-state index < -0.39 is 9.84 Å². The highest BCUT2D eigenvalue weighted by atomic mass is 32.2. The van der Waals surface area contributed by atoms with Crippen LogP contribution < -0.4 is 11.3 Å². The number of hydrogen-bond acceptors (Lipinski definition) is 4. The first-order chi connectivity index (χ1) is 6.50. The van der Waals surface area contributed by atoms with Crippen LogP contribution in [0.2, 0.25) is 0 Å². The van der Waals surface area contributed by atoms with E-state index in [9.17, 15) is 8.42 Å². The van der Waals surface area contributed by atoms with Crippen molar-refractivity contribution in [2.75, 3.05) is 11.5 Å². The molecule has 5 heteroatoms. The summed E-state index contributed by atoms with van der Waals surface area (Å²) in [4.78, 5) is 0. The lowest BCUT2D eigenvalue weighted by atomic mass is 9.97. The molecule has 14 heavy (non-hydrogen) atoms. The molecule has 1 unspecified atom stereocenters. The van der Waals surface area contributed by atoms with Gasteiger partial charge in [0, 0.05) is 12.1 Å². The standard InChI is InChI=1S/C9H18N2O2S/c1-3-7(2)8-6-14(12,13)5-4-9(8)11-10/h7,11H,3-6,10H2,1-2H3. The number of rotatable bonds is 3. The van der Waals surface area contributed by atoms with Crippen LogP contribution in [0.5, 0.6) is 0 Å². The van der Waals surface area contributed by atoms with Crippen LogP contribution in [0.1, 0.15) is 26.7 Å². The molecular formula is C9H18N2O2S. The van der Waals surface area contributed by atoms with E-state index >= 15 is 0 Å². The van der Waals surface area contributed by atoms with Crippen LogP contribution in [-0.4, -0.2) is 19.9 Å². The molecule has 0 aromatic heterocycles. The second-order valence-electron chi connectivity index (χ2n) is 3.80. The first kappa shape index (κ1) is 11.5. The average molecular weight is 218 g/mol. The lowest BCUT2D eigenvalue weighted by Crippen LogP contribution is -2.32. The third-order valence-electron chi connectivity index (χ3n) is 2.81. The zero-order valence-corrected chi connectivity index (χ0v) is 9.52. The van der Waals surface area contributed by atoms with E-state index in [2.05, 4.69) is 5.43 Å². The number of hydrazine groups is 1. The highest BCUT2D eigenvalue weighted by Crippen LogP contribution is 2.25. The Balaban J connectivity index is 2.99. The van der Waals surface area contributed by atoms with Gasteiger partial charge in [0.1, 0.15) is 0 Å². The van der Waals surface area contributed by atoms with Gasteiger partial charge >= 0.3 is 0 Å². The molecular weight excluding hydrogens is 200 g/mol. The maximum atomic E-state index is 11.4. The number of sulfone groups is 1. The van der Waals surface area contributed by atoms with Crippen molar-refractivity contribution in [3.63, 3.8) is 0 Å². The third-order valence-corrected chi connectivity index (χ3v) is 4.38. The average Bonchev–Trinajstić information content (AvgIpc) is 2.15. The molecule has 0 fully saturated rings. The van der Waals surface area contributed by atoms with Gasteiger partial charge in [0.15, 0.2) is 9.84 Å². The topological polar surface area (TPSA) is 72.2 Å². The van der Waals surface area contributed by atoms with Crippen molar-refractivity contribution in [2.45, 2.75) is 26.7 Å². The van der Waals surface area contributed by atoms with Crippen molar-refractivity contribution in [3.8, 4) is 0 Å². The van der Waals surface area contributed by atoms with Gasteiger partial charge in [-0.2, -0.15) is 0 Å². The van der Waals surface area contributed by atoms with Crippen molar-refractivity contribution in [1.82, 2.24) is 5.43 Å². The van der Waals surface area contributed by atoms with E-state index in [1.54, 1.807) is 0 Å². The van der Waals surface area contributed by atoms with Crippen LogP contribution in [0.15, 0.2) is 11.3 Å². The van der Waals surface area contributed by atoms with E-state index in [-0.39, 0.29) is 17.4 Å². The SMILES string of the molecule is CCC(C)C1=C(NN)CCS(=O)(=O)C1. The second kappa shape index (κ2) is 4.31. The maximum Gasteiger partial charge on any atom is 0.154 e. The molecule has 0 saturated heterocycles. The molecule has 0 aromatic carbocycles. The summed E-state index contributed by atoms with van der Waals surface area (Å²) >= 11 is 0. The van der Waals surface area contributed by atoms with Gasteiger partial charge in [0.05, 0.1) is 11.5 Å². The largest absolute Gasteiger partial charge is 0.328 e. The van der Waals surface area contributed by atoms with E-state index in [4.69, 9.17) is 5.84 Å². The molecule has 0 aliphatic carbocycles. The maximum absolute atomic E-state index is 11.4. The minimum Gasteiger partial charge on any atom is -0.328 e. The van der Waals surface area contributed by atoms with Crippen LogP contribution in [0.3, 0.4) is 0 Å². The molecule has 1 heterocycles. The van der Waals surface area contributed by atoms with E-state index in [0.717, 1.165) is 17.7 Å². The highest BCUT2D eigenvalue weighted by molar-refractivity contribution is 7.91. The van der Waals surface area contributed by atoms with Gasteiger partial charge in [-0.05, 0) is 17.9 Å². The van der Waals surface area contributed by atoms with Crippen LogP contribution >= 0.6 is 0 Å². The van der Waals surface area contributed by atoms with Gasteiger partial charge in [-0.3, -0.25) is 5.84 Å². The molecule has 82 valence electrons. The molecule has 0 aromatic rings. The van der Waals surface area contributed by atoms with Crippen molar-refractivity contribution < 1.29 is 8.42 Å². The Morgan fingerprint density at radius 2 is 2.21 bits per heavy atom. The van der Waals surface area contributed by atoms with E-state index in [1.165, 1.54) is 0 Å². The van der Waals surface area contributed by atoms with Crippen molar-refractivity contribution >= 4 is 9.84 Å². The van der Waals surface area contributed by atoms with Gasteiger partial charge in [-0.15, -0.1) is 0 Å². The van der Waals surface area contributed by atoms with Crippen LogP contribution in [0.4, 0.5) is 0 Å². The van der Waals surface area contributed by atoms with Gasteiger partial charge in [-0.25, -0.2) is 8.42 Å². The Morgan fingerprint density at radius 3 is 2.71 bits per heavy atom. The monoisotopic (exact) mass is 218 g/mol. The lowest BCUT2D eigenvalue weighted by Gasteiger charge is -2.24. The highest BCUT2D eigenvalue weighted by Gasteiger charge is 2.25. The molecule has 1 atom stereocenters. The van der Waals surface area contributed by atoms with E-state index in [0.29, 0.717) is 6.42 Å². The molecule has 4 nitrogen and oxygen atoms in total. The minimum absolute atomic E-state index is 0.168. The first-order valence-corrected chi connectivity index (χ1v) is 6.71. The summed E-state index contributed by atoms with van der Waals surface area (Å²) in [5.41, 5.74) is 4.49. The normalized spacial score (nSPS) is 23.4. The first-order valence-electron chi connectivity index (χ1n) is 4.89. The number of allylic oxidation sites excluding steroid dienone is 1. The fourth-order valence-corrected chi connectivity index (χ4v) is 3.26. The smallest absolute Gasteiger partial charge is 0.154 e. The van der Waals surface area contributed by atoms with Gasteiger partial charge < -0.3 is 5.43 Å². The quantitative estimate of drug-likeness (QED) is 0.536. The molecule has 0 radical (unpaired) electrons. The Morgan fingerprint density at radius 1 is 1.57 bits per heavy atom. The molecule has 1 rings (SSSR count). The Labute approximate surface area is 85.4 Å². The fourth-order valence-electron chi connectivity index (χ4n) is 1.67.